The van der Waals surface area contributed by atoms with Crippen molar-refractivity contribution in [2.45, 2.75) is 6.92 Å². The van der Waals surface area contributed by atoms with Gasteiger partial charge in [0, 0.05) is 21.9 Å². The van der Waals surface area contributed by atoms with E-state index < -0.39 is 5.91 Å². The number of nitrogens with zero attached hydrogens (tertiary/aromatic N) is 4. The molecule has 0 aliphatic carbocycles. The van der Waals surface area contributed by atoms with Crippen molar-refractivity contribution in [3.63, 3.8) is 0 Å². The molecule has 0 saturated heterocycles. The highest BCUT2D eigenvalue weighted by Crippen LogP contribution is 2.39. The number of aromatic hydroxyl groups is 1. The van der Waals surface area contributed by atoms with Crippen molar-refractivity contribution in [2.24, 2.45) is 0 Å². The molecule has 12 heteroatoms. The van der Waals surface area contributed by atoms with Crippen molar-refractivity contribution >= 4 is 62.3 Å². The van der Waals surface area contributed by atoms with Crippen LogP contribution in [0.1, 0.15) is 16.1 Å². The molecule has 3 aromatic heterocycles. The van der Waals surface area contributed by atoms with Gasteiger partial charge >= 0.3 is 0 Å². The fourth-order valence-corrected chi connectivity index (χ4v) is 4.91. The van der Waals surface area contributed by atoms with Gasteiger partial charge in [-0.2, -0.15) is 0 Å². The molecule has 8 nitrogen and oxygen atoms in total. The van der Waals surface area contributed by atoms with Crippen LogP contribution in [0.3, 0.4) is 0 Å². The Balaban J connectivity index is 1.56. The fourth-order valence-electron chi connectivity index (χ4n) is 3.75. The minimum atomic E-state index is -0.442. The number of rotatable bonds is 5. The van der Waals surface area contributed by atoms with Crippen LogP contribution in [0.2, 0.25) is 15.1 Å². The van der Waals surface area contributed by atoms with Gasteiger partial charge in [-0.05, 0) is 70.9 Å². The molecule has 5 rings (SSSR count). The Morgan fingerprint density at radius 2 is 1.81 bits per heavy atom. The first kappa shape index (κ1) is 25.3. The van der Waals surface area contributed by atoms with Crippen LogP contribution in [0, 0.1) is 6.92 Å². The monoisotopic (exact) mass is 617 g/mol. The maximum absolute atomic E-state index is 13.5. The molecule has 0 aliphatic rings. The number of nitrogens with one attached hydrogen (secondary N) is 1. The highest BCUT2D eigenvalue weighted by molar-refractivity contribution is 9.10. The van der Waals surface area contributed by atoms with Gasteiger partial charge in [-0.15, -0.1) is 10.2 Å². The number of pyridine rings is 1. The Kier molecular flexibility index (Phi) is 6.96. The topological polar surface area (TPSA) is 106 Å². The maximum Gasteiger partial charge on any atom is 0.272 e. The summed E-state index contributed by atoms with van der Waals surface area (Å²) in [5.74, 6) is -0.0788. The first-order valence-corrected chi connectivity index (χ1v) is 12.6. The lowest BCUT2D eigenvalue weighted by Crippen LogP contribution is -2.18. The van der Waals surface area contributed by atoms with Gasteiger partial charge in [0.05, 0.1) is 26.9 Å². The number of carbonyl (C=O) groups is 1. The summed E-state index contributed by atoms with van der Waals surface area (Å²) in [6, 6.07) is 13.0. The molecule has 0 unspecified atom stereocenters. The van der Waals surface area contributed by atoms with Crippen molar-refractivity contribution in [3.05, 3.63) is 91.7 Å². The Morgan fingerprint density at radius 3 is 2.57 bits per heavy atom. The van der Waals surface area contributed by atoms with Gasteiger partial charge in [-0.25, -0.2) is 4.98 Å². The summed E-state index contributed by atoms with van der Waals surface area (Å²) < 4.78 is 8.09. The molecule has 0 aliphatic heterocycles. The van der Waals surface area contributed by atoms with E-state index in [0.717, 1.165) is 0 Å². The zero-order valence-corrected chi connectivity index (χ0v) is 22.7. The smallest absolute Gasteiger partial charge is 0.272 e. The molecule has 37 heavy (non-hydrogen) atoms. The van der Waals surface area contributed by atoms with Gasteiger partial charge in [0.25, 0.3) is 11.8 Å². The summed E-state index contributed by atoms with van der Waals surface area (Å²) in [7, 11) is 0. The number of anilines is 1. The number of aromatic nitrogens is 4. The van der Waals surface area contributed by atoms with E-state index in [1.165, 1.54) is 6.07 Å². The zero-order valence-electron chi connectivity index (χ0n) is 18.8. The summed E-state index contributed by atoms with van der Waals surface area (Å²) in [5, 5.41) is 22.3. The molecule has 0 spiro atoms. The van der Waals surface area contributed by atoms with Gasteiger partial charge in [0.15, 0.2) is 5.82 Å². The predicted molar refractivity (Wildman–Crippen MR) is 146 cm³/mol. The highest BCUT2D eigenvalue weighted by Gasteiger charge is 2.23. The summed E-state index contributed by atoms with van der Waals surface area (Å²) in [6.45, 7) is 1.78. The third kappa shape index (κ3) is 4.95. The van der Waals surface area contributed by atoms with E-state index in [0.29, 0.717) is 37.2 Å². The SMILES string of the molecule is Cc1cc(Cl)cc(-c2nnc(-c3c(O)cccc3Cl)o2)c1NC(=O)c1cc(Br)cn1-c1ncccc1Cl. The van der Waals surface area contributed by atoms with Crippen molar-refractivity contribution in [3.8, 4) is 34.5 Å². The molecular formula is C25H15BrCl3N5O3. The average Bonchev–Trinajstić information content (AvgIpc) is 3.48. The first-order valence-electron chi connectivity index (χ1n) is 10.6. The largest absolute Gasteiger partial charge is 0.507 e. The van der Waals surface area contributed by atoms with E-state index in [1.54, 1.807) is 66.3 Å². The van der Waals surface area contributed by atoms with Crippen molar-refractivity contribution in [2.75, 3.05) is 5.32 Å². The van der Waals surface area contributed by atoms with Crippen LogP contribution in [0.4, 0.5) is 5.69 Å². The third-order valence-electron chi connectivity index (χ3n) is 5.39. The van der Waals surface area contributed by atoms with Gasteiger partial charge in [0.2, 0.25) is 5.89 Å². The lowest BCUT2D eigenvalue weighted by Gasteiger charge is -2.14. The lowest BCUT2D eigenvalue weighted by atomic mass is 10.1. The molecular weight excluding hydrogens is 605 g/mol. The van der Waals surface area contributed by atoms with Crippen LogP contribution >= 0.6 is 50.7 Å². The van der Waals surface area contributed by atoms with Gasteiger partial charge < -0.3 is 14.8 Å². The molecule has 0 fully saturated rings. The summed E-state index contributed by atoms with van der Waals surface area (Å²) in [4.78, 5) is 17.8. The molecule has 3 heterocycles. The Bertz CT molecular complexity index is 1650. The van der Waals surface area contributed by atoms with Crippen LogP contribution < -0.4 is 5.32 Å². The van der Waals surface area contributed by atoms with Crippen LogP contribution in [-0.4, -0.2) is 30.8 Å². The molecule has 1 amide bonds. The van der Waals surface area contributed by atoms with E-state index >= 15 is 0 Å². The number of hydrogen-bond acceptors (Lipinski definition) is 6. The fraction of sp³-hybridized carbons (Fsp3) is 0.0400. The van der Waals surface area contributed by atoms with Crippen LogP contribution in [0.15, 0.2) is 69.8 Å². The van der Waals surface area contributed by atoms with Gasteiger partial charge in [-0.1, -0.05) is 40.9 Å². The molecule has 0 bridgehead atoms. The second-order valence-corrected chi connectivity index (χ2v) is 10.0. The first-order chi connectivity index (χ1) is 17.7. The zero-order chi connectivity index (χ0) is 26.3. The summed E-state index contributed by atoms with van der Waals surface area (Å²) in [6.07, 6.45) is 3.28. The quantitative estimate of drug-likeness (QED) is 0.210. The lowest BCUT2D eigenvalue weighted by molar-refractivity contribution is 0.102. The van der Waals surface area contributed by atoms with E-state index in [9.17, 15) is 9.90 Å². The van der Waals surface area contributed by atoms with E-state index in [4.69, 9.17) is 39.2 Å². The van der Waals surface area contributed by atoms with E-state index in [-0.39, 0.29) is 33.8 Å². The second kappa shape index (κ2) is 10.2. The number of hydrogen-bond donors (Lipinski definition) is 2. The Hall–Kier alpha value is -3.37. The highest BCUT2D eigenvalue weighted by atomic mass is 79.9. The Morgan fingerprint density at radius 1 is 1.05 bits per heavy atom. The number of halogens is 4. The molecule has 0 saturated carbocycles. The number of phenolic OH excluding ortho intramolecular Hbond substituents is 1. The second-order valence-electron chi connectivity index (χ2n) is 7.87. The van der Waals surface area contributed by atoms with E-state index in [1.807, 2.05) is 0 Å². The molecule has 2 aromatic carbocycles. The summed E-state index contributed by atoms with van der Waals surface area (Å²) in [5.41, 5.74) is 1.92. The normalized spacial score (nSPS) is 11.1. The predicted octanol–water partition coefficient (Wildman–Crippen LogP) is 7.58. The number of aryl methyl sites for hydroxylation is 1. The Labute approximate surface area is 234 Å². The standard InChI is InChI=1S/C25H15BrCl3N5O3/c1-12-8-14(27)10-15(24-32-33-25(37-24)20-16(28)4-2-6-19(20)35)21(12)31-23(36)18-9-13(26)11-34(18)22-17(29)5-3-7-30-22/h2-11,35H,1H3,(H,31,36). The average molecular weight is 620 g/mol. The van der Waals surface area contributed by atoms with Crippen LogP contribution in [0.5, 0.6) is 5.75 Å². The minimum Gasteiger partial charge on any atom is -0.507 e. The van der Waals surface area contributed by atoms with Gasteiger partial charge in [-0.3, -0.25) is 9.36 Å². The van der Waals surface area contributed by atoms with Crippen molar-refractivity contribution < 1.29 is 14.3 Å². The van der Waals surface area contributed by atoms with Crippen molar-refractivity contribution in [1.29, 1.82) is 0 Å². The number of amides is 1. The molecule has 2 N–H and O–H groups in total. The number of carbonyl (C=O) groups excluding carboxylic acids is 1. The number of benzene rings is 2. The third-order valence-corrected chi connectivity index (χ3v) is 6.65. The maximum atomic E-state index is 13.5. The molecule has 0 radical (unpaired) electrons. The van der Waals surface area contributed by atoms with Crippen LogP contribution in [0.25, 0.3) is 28.7 Å². The minimum absolute atomic E-state index is 0.00982. The summed E-state index contributed by atoms with van der Waals surface area (Å²) >= 11 is 22.3. The van der Waals surface area contributed by atoms with Crippen LogP contribution in [-0.2, 0) is 0 Å². The molecule has 5 aromatic rings. The van der Waals surface area contributed by atoms with Crippen molar-refractivity contribution in [1.82, 2.24) is 19.7 Å². The molecule has 0 atom stereocenters. The van der Waals surface area contributed by atoms with E-state index in [2.05, 4.69) is 36.4 Å². The molecule has 186 valence electrons. The van der Waals surface area contributed by atoms with Gasteiger partial charge in [0.1, 0.15) is 11.4 Å². The number of phenols is 1.